The van der Waals surface area contributed by atoms with Gasteiger partial charge in [0.15, 0.2) is 11.5 Å². The van der Waals surface area contributed by atoms with Gasteiger partial charge in [-0.15, -0.1) is 0 Å². The summed E-state index contributed by atoms with van der Waals surface area (Å²) in [4.78, 5) is 12.5. The predicted molar refractivity (Wildman–Crippen MR) is 104 cm³/mol. The van der Waals surface area contributed by atoms with Crippen LogP contribution in [-0.4, -0.2) is 52.0 Å². The summed E-state index contributed by atoms with van der Waals surface area (Å²) in [5.41, 5.74) is 0. The molecular formula is C19H30N2O5S. The third kappa shape index (κ3) is 5.13. The highest BCUT2D eigenvalue weighted by molar-refractivity contribution is 7.89. The number of rotatable bonds is 8. The smallest absolute Gasteiger partial charge is 0.243 e. The van der Waals surface area contributed by atoms with Gasteiger partial charge in [0.1, 0.15) is 0 Å². The maximum absolute atomic E-state index is 12.9. The second kappa shape index (κ2) is 9.41. The zero-order valence-electron chi connectivity index (χ0n) is 16.5. The lowest BCUT2D eigenvalue weighted by atomic mass is 9.96. The first kappa shape index (κ1) is 21.5. The quantitative estimate of drug-likeness (QED) is 0.727. The van der Waals surface area contributed by atoms with Gasteiger partial charge in [0.2, 0.25) is 15.9 Å². The Morgan fingerprint density at radius 3 is 2.41 bits per heavy atom. The van der Waals surface area contributed by atoms with Crippen LogP contribution in [0, 0.1) is 5.92 Å². The maximum atomic E-state index is 12.9. The molecule has 1 aromatic rings. The van der Waals surface area contributed by atoms with Crippen molar-refractivity contribution in [2.45, 2.75) is 50.5 Å². The zero-order chi connectivity index (χ0) is 20.0. The lowest BCUT2D eigenvalue weighted by Crippen LogP contribution is -2.44. The SMILES string of the molecule is CCC[C@H](C)NC(=O)C1CCN(S(=O)(=O)c2ccc(OC)c(OC)c2)CC1. The van der Waals surface area contributed by atoms with Crippen LogP contribution in [0.25, 0.3) is 0 Å². The molecule has 1 amide bonds. The third-order valence-electron chi connectivity index (χ3n) is 4.93. The Morgan fingerprint density at radius 1 is 1.22 bits per heavy atom. The number of benzene rings is 1. The molecule has 1 fully saturated rings. The van der Waals surface area contributed by atoms with E-state index in [0.29, 0.717) is 37.4 Å². The Bertz CT molecular complexity index is 742. The molecular weight excluding hydrogens is 368 g/mol. The van der Waals surface area contributed by atoms with Crippen molar-refractivity contribution in [3.8, 4) is 11.5 Å². The fourth-order valence-electron chi connectivity index (χ4n) is 3.35. The van der Waals surface area contributed by atoms with Crippen molar-refractivity contribution >= 4 is 15.9 Å². The molecule has 0 aliphatic carbocycles. The molecule has 0 bridgehead atoms. The monoisotopic (exact) mass is 398 g/mol. The highest BCUT2D eigenvalue weighted by Gasteiger charge is 2.32. The molecule has 0 saturated carbocycles. The summed E-state index contributed by atoms with van der Waals surface area (Å²) in [7, 11) is -0.661. The number of hydrogen-bond donors (Lipinski definition) is 1. The van der Waals surface area contributed by atoms with E-state index >= 15 is 0 Å². The van der Waals surface area contributed by atoms with E-state index in [1.807, 2.05) is 6.92 Å². The molecule has 0 unspecified atom stereocenters. The Balaban J connectivity index is 2.03. The summed E-state index contributed by atoms with van der Waals surface area (Å²) in [5.74, 6) is 0.742. The van der Waals surface area contributed by atoms with E-state index in [0.717, 1.165) is 12.8 Å². The summed E-state index contributed by atoms with van der Waals surface area (Å²) < 4.78 is 37.6. The second-order valence-electron chi connectivity index (χ2n) is 6.89. The van der Waals surface area contributed by atoms with E-state index in [9.17, 15) is 13.2 Å². The van der Waals surface area contributed by atoms with E-state index in [1.165, 1.54) is 30.7 Å². The topological polar surface area (TPSA) is 84.9 Å². The number of carbonyl (C=O) groups is 1. The van der Waals surface area contributed by atoms with Crippen molar-refractivity contribution in [2.75, 3.05) is 27.3 Å². The number of methoxy groups -OCH3 is 2. The minimum absolute atomic E-state index is 0.0270. The van der Waals surface area contributed by atoms with Crippen molar-refractivity contribution in [1.82, 2.24) is 9.62 Å². The molecule has 7 nitrogen and oxygen atoms in total. The summed E-state index contributed by atoms with van der Waals surface area (Å²) in [5, 5.41) is 3.03. The zero-order valence-corrected chi connectivity index (χ0v) is 17.3. The number of amides is 1. The summed E-state index contributed by atoms with van der Waals surface area (Å²) in [6.07, 6.45) is 3.01. The third-order valence-corrected chi connectivity index (χ3v) is 6.82. The molecule has 1 aromatic carbocycles. The largest absolute Gasteiger partial charge is 0.493 e. The van der Waals surface area contributed by atoms with Crippen molar-refractivity contribution < 1.29 is 22.7 Å². The average molecular weight is 399 g/mol. The first-order valence-corrected chi connectivity index (χ1v) is 10.8. The fourth-order valence-corrected chi connectivity index (χ4v) is 4.84. The molecule has 0 radical (unpaired) electrons. The lowest BCUT2D eigenvalue weighted by molar-refractivity contribution is -0.126. The van der Waals surface area contributed by atoms with E-state index in [2.05, 4.69) is 12.2 Å². The van der Waals surface area contributed by atoms with Gasteiger partial charge in [0.05, 0.1) is 19.1 Å². The minimum Gasteiger partial charge on any atom is -0.493 e. The number of hydrogen-bond acceptors (Lipinski definition) is 5. The molecule has 0 spiro atoms. The summed E-state index contributed by atoms with van der Waals surface area (Å²) in [6.45, 7) is 4.74. The number of nitrogens with zero attached hydrogens (tertiary/aromatic N) is 1. The van der Waals surface area contributed by atoms with Crippen LogP contribution < -0.4 is 14.8 Å². The van der Waals surface area contributed by atoms with E-state index in [-0.39, 0.29) is 22.8 Å². The van der Waals surface area contributed by atoms with E-state index in [4.69, 9.17) is 9.47 Å². The minimum atomic E-state index is -3.63. The van der Waals surface area contributed by atoms with Gasteiger partial charge in [-0.25, -0.2) is 8.42 Å². The van der Waals surface area contributed by atoms with Gasteiger partial charge in [-0.1, -0.05) is 13.3 Å². The Morgan fingerprint density at radius 2 is 1.85 bits per heavy atom. The Kier molecular flexibility index (Phi) is 7.49. The number of carbonyl (C=O) groups excluding carboxylic acids is 1. The molecule has 8 heteroatoms. The van der Waals surface area contributed by atoms with Crippen LogP contribution in [0.2, 0.25) is 0 Å². The number of nitrogens with one attached hydrogen (secondary N) is 1. The van der Waals surface area contributed by atoms with Crippen LogP contribution in [0.5, 0.6) is 11.5 Å². The number of sulfonamides is 1. The lowest BCUT2D eigenvalue weighted by Gasteiger charge is -2.31. The van der Waals surface area contributed by atoms with Crippen molar-refractivity contribution in [1.29, 1.82) is 0 Å². The number of ether oxygens (including phenoxy) is 2. The molecule has 1 heterocycles. The van der Waals surface area contributed by atoms with Crippen LogP contribution in [0.4, 0.5) is 0 Å². The number of piperidine rings is 1. The van der Waals surface area contributed by atoms with Crippen molar-refractivity contribution in [2.24, 2.45) is 5.92 Å². The highest BCUT2D eigenvalue weighted by atomic mass is 32.2. The van der Waals surface area contributed by atoms with Crippen molar-refractivity contribution in [3.63, 3.8) is 0 Å². The summed E-state index contributed by atoms with van der Waals surface area (Å²) >= 11 is 0. The van der Waals surface area contributed by atoms with Crippen molar-refractivity contribution in [3.05, 3.63) is 18.2 Å². The highest BCUT2D eigenvalue weighted by Crippen LogP contribution is 2.32. The molecule has 1 N–H and O–H groups in total. The van der Waals surface area contributed by atoms with Crippen LogP contribution in [0.15, 0.2) is 23.1 Å². The normalized spacial score (nSPS) is 17.3. The Hall–Kier alpha value is -1.80. The van der Waals surface area contributed by atoms with Gasteiger partial charge in [0, 0.05) is 31.1 Å². The fraction of sp³-hybridized carbons (Fsp3) is 0.632. The van der Waals surface area contributed by atoms with E-state index in [1.54, 1.807) is 6.07 Å². The maximum Gasteiger partial charge on any atom is 0.243 e. The molecule has 1 aliphatic heterocycles. The molecule has 2 rings (SSSR count). The van der Waals surface area contributed by atoms with Gasteiger partial charge in [-0.05, 0) is 38.3 Å². The molecule has 1 aliphatic rings. The van der Waals surface area contributed by atoms with Gasteiger partial charge >= 0.3 is 0 Å². The average Bonchev–Trinajstić information content (AvgIpc) is 2.67. The molecule has 1 atom stereocenters. The molecule has 152 valence electrons. The second-order valence-corrected chi connectivity index (χ2v) is 8.83. The molecule has 27 heavy (non-hydrogen) atoms. The first-order valence-electron chi connectivity index (χ1n) is 9.36. The van der Waals surface area contributed by atoms with Gasteiger partial charge in [0.25, 0.3) is 0 Å². The van der Waals surface area contributed by atoms with Gasteiger partial charge < -0.3 is 14.8 Å². The van der Waals surface area contributed by atoms with E-state index < -0.39 is 10.0 Å². The van der Waals surface area contributed by atoms with Crippen LogP contribution >= 0.6 is 0 Å². The molecule has 1 saturated heterocycles. The first-order chi connectivity index (χ1) is 12.8. The van der Waals surface area contributed by atoms with Crippen LogP contribution in [0.1, 0.15) is 39.5 Å². The van der Waals surface area contributed by atoms with Gasteiger partial charge in [-0.3, -0.25) is 4.79 Å². The standard InChI is InChI=1S/C19H30N2O5S/c1-5-6-14(2)20-19(22)15-9-11-21(12-10-15)27(23,24)16-7-8-17(25-3)18(13-16)26-4/h7-8,13-15H,5-6,9-12H2,1-4H3,(H,20,22)/t14-/m0/s1. The van der Waals surface area contributed by atoms with Gasteiger partial charge in [-0.2, -0.15) is 4.31 Å². The summed E-state index contributed by atoms with van der Waals surface area (Å²) in [6, 6.07) is 4.72. The predicted octanol–water partition coefficient (Wildman–Crippen LogP) is 2.41. The van der Waals surface area contributed by atoms with Crippen LogP contribution in [-0.2, 0) is 14.8 Å². The van der Waals surface area contributed by atoms with Crippen LogP contribution in [0.3, 0.4) is 0 Å². The molecule has 0 aromatic heterocycles. The Labute approximate surface area is 162 Å².